The fourth-order valence-electron chi connectivity index (χ4n) is 2.33. The monoisotopic (exact) mass is 394 g/mol. The molecule has 0 aliphatic carbocycles. The van der Waals surface area contributed by atoms with E-state index in [9.17, 15) is 17.2 Å². The first-order valence-electron chi connectivity index (χ1n) is 7.99. The van der Waals surface area contributed by atoms with E-state index in [0.29, 0.717) is 11.6 Å². The second-order valence-electron chi connectivity index (χ2n) is 6.11. The normalized spacial score (nSPS) is 13.1. The second kappa shape index (κ2) is 7.49. The molecule has 0 amide bonds. The lowest BCUT2D eigenvalue weighted by atomic mass is 10.1. The molecule has 0 spiro atoms. The molecular weight excluding hydrogens is 378 g/mol. The SMILES string of the molecule is CC(C)C(NS(=O)(=O)c1ccc(F)c(F)c1)c1nc(-c2ccncc2)no1. The molecule has 0 aliphatic rings. The summed E-state index contributed by atoms with van der Waals surface area (Å²) in [5.74, 6) is -2.30. The molecule has 0 saturated heterocycles. The number of pyridine rings is 1. The molecule has 7 nitrogen and oxygen atoms in total. The zero-order chi connectivity index (χ0) is 19.6. The van der Waals surface area contributed by atoms with Crippen molar-refractivity contribution in [1.82, 2.24) is 19.8 Å². The first kappa shape index (κ1) is 19.1. The third kappa shape index (κ3) is 4.17. The van der Waals surface area contributed by atoms with Crippen LogP contribution < -0.4 is 4.72 Å². The van der Waals surface area contributed by atoms with Crippen molar-refractivity contribution < 1.29 is 21.7 Å². The zero-order valence-electron chi connectivity index (χ0n) is 14.4. The molecule has 1 aromatic carbocycles. The molecule has 0 radical (unpaired) electrons. The highest BCUT2D eigenvalue weighted by Gasteiger charge is 2.29. The lowest BCUT2D eigenvalue weighted by Crippen LogP contribution is -2.32. The number of nitrogens with one attached hydrogen (secondary N) is 1. The van der Waals surface area contributed by atoms with Gasteiger partial charge in [-0.15, -0.1) is 0 Å². The fourth-order valence-corrected chi connectivity index (χ4v) is 3.68. The van der Waals surface area contributed by atoms with E-state index in [-0.39, 0.29) is 17.6 Å². The molecule has 0 saturated carbocycles. The second-order valence-corrected chi connectivity index (χ2v) is 7.82. The van der Waals surface area contributed by atoms with Crippen LogP contribution >= 0.6 is 0 Å². The molecule has 3 aromatic rings. The van der Waals surface area contributed by atoms with Crippen LogP contribution in [0.25, 0.3) is 11.4 Å². The first-order chi connectivity index (χ1) is 12.8. The van der Waals surface area contributed by atoms with Crippen molar-refractivity contribution in [2.75, 3.05) is 0 Å². The Hall–Kier alpha value is -2.72. The molecule has 1 atom stereocenters. The maximum atomic E-state index is 13.4. The number of benzene rings is 1. The van der Waals surface area contributed by atoms with Gasteiger partial charge in [-0.25, -0.2) is 17.2 Å². The average molecular weight is 394 g/mol. The van der Waals surface area contributed by atoms with Gasteiger partial charge in [0.1, 0.15) is 6.04 Å². The highest BCUT2D eigenvalue weighted by Crippen LogP contribution is 2.25. The molecule has 0 aliphatic heterocycles. The van der Waals surface area contributed by atoms with Crippen molar-refractivity contribution in [3.63, 3.8) is 0 Å². The van der Waals surface area contributed by atoms with E-state index in [2.05, 4.69) is 19.8 Å². The van der Waals surface area contributed by atoms with Gasteiger partial charge in [-0.1, -0.05) is 19.0 Å². The quantitative estimate of drug-likeness (QED) is 0.690. The fraction of sp³-hybridized carbons (Fsp3) is 0.235. The third-order valence-electron chi connectivity index (χ3n) is 3.80. The minimum absolute atomic E-state index is 0.0583. The van der Waals surface area contributed by atoms with Gasteiger partial charge in [0.2, 0.25) is 21.7 Å². The Morgan fingerprint density at radius 2 is 1.78 bits per heavy atom. The number of nitrogens with zero attached hydrogens (tertiary/aromatic N) is 3. The van der Waals surface area contributed by atoms with E-state index >= 15 is 0 Å². The summed E-state index contributed by atoms with van der Waals surface area (Å²) in [5.41, 5.74) is 0.658. The standard InChI is InChI=1S/C17H16F2N4O3S/c1-10(2)15(17-21-16(22-26-17)11-5-7-20-8-6-11)23-27(24,25)12-3-4-13(18)14(19)9-12/h3-10,15,23H,1-2H3. The van der Waals surface area contributed by atoms with Crippen LogP contribution in [0.5, 0.6) is 0 Å². The Bertz CT molecular complexity index is 1040. The Balaban J connectivity index is 1.90. The van der Waals surface area contributed by atoms with Crippen molar-refractivity contribution in [2.45, 2.75) is 24.8 Å². The van der Waals surface area contributed by atoms with Gasteiger partial charge in [0.05, 0.1) is 4.90 Å². The summed E-state index contributed by atoms with van der Waals surface area (Å²) in [6.07, 6.45) is 3.13. The Labute approximate surface area is 154 Å². The van der Waals surface area contributed by atoms with E-state index in [1.165, 1.54) is 0 Å². The van der Waals surface area contributed by atoms with Crippen molar-refractivity contribution in [1.29, 1.82) is 0 Å². The molecule has 10 heteroatoms. The highest BCUT2D eigenvalue weighted by molar-refractivity contribution is 7.89. The number of hydrogen-bond donors (Lipinski definition) is 1. The van der Waals surface area contributed by atoms with Crippen LogP contribution in [0.4, 0.5) is 8.78 Å². The summed E-state index contributed by atoms with van der Waals surface area (Å²) in [6.45, 7) is 3.52. The van der Waals surface area contributed by atoms with Gasteiger partial charge in [-0.05, 0) is 36.2 Å². The van der Waals surface area contributed by atoms with Crippen LogP contribution in [-0.4, -0.2) is 23.5 Å². The van der Waals surface area contributed by atoms with Gasteiger partial charge in [0.25, 0.3) is 0 Å². The first-order valence-corrected chi connectivity index (χ1v) is 9.47. The van der Waals surface area contributed by atoms with Crippen LogP contribution in [0, 0.1) is 17.6 Å². The minimum Gasteiger partial charge on any atom is -0.337 e. The molecule has 0 bridgehead atoms. The van der Waals surface area contributed by atoms with Crippen LogP contribution in [0.1, 0.15) is 25.8 Å². The summed E-state index contributed by atoms with van der Waals surface area (Å²) in [5, 5.41) is 3.86. The number of rotatable bonds is 6. The zero-order valence-corrected chi connectivity index (χ0v) is 15.2. The van der Waals surface area contributed by atoms with Crippen LogP contribution in [-0.2, 0) is 10.0 Å². The van der Waals surface area contributed by atoms with Crippen molar-refractivity contribution >= 4 is 10.0 Å². The van der Waals surface area contributed by atoms with Gasteiger partial charge in [-0.2, -0.15) is 9.71 Å². The summed E-state index contributed by atoms with van der Waals surface area (Å²) in [6, 6.07) is 4.86. The van der Waals surface area contributed by atoms with Gasteiger partial charge in [-0.3, -0.25) is 4.98 Å². The Morgan fingerprint density at radius 1 is 1.07 bits per heavy atom. The number of sulfonamides is 1. The number of hydrogen-bond acceptors (Lipinski definition) is 6. The van der Waals surface area contributed by atoms with Crippen molar-refractivity contribution in [3.8, 4) is 11.4 Å². The molecule has 142 valence electrons. The van der Waals surface area contributed by atoms with Crippen LogP contribution in [0.15, 0.2) is 52.1 Å². The van der Waals surface area contributed by atoms with E-state index in [4.69, 9.17) is 4.52 Å². The lowest BCUT2D eigenvalue weighted by molar-refractivity contribution is 0.311. The highest BCUT2D eigenvalue weighted by atomic mass is 32.2. The number of halogens is 2. The molecule has 2 aromatic heterocycles. The molecule has 1 N–H and O–H groups in total. The predicted molar refractivity (Wildman–Crippen MR) is 91.8 cm³/mol. The average Bonchev–Trinajstić information content (AvgIpc) is 3.12. The maximum Gasteiger partial charge on any atom is 0.245 e. The summed E-state index contributed by atoms with van der Waals surface area (Å²) < 4.78 is 59.2. The number of aromatic nitrogens is 3. The lowest BCUT2D eigenvalue weighted by Gasteiger charge is -2.18. The summed E-state index contributed by atoms with van der Waals surface area (Å²) in [4.78, 5) is 7.74. The van der Waals surface area contributed by atoms with Crippen molar-refractivity contribution in [3.05, 3.63) is 60.3 Å². The molecule has 1 unspecified atom stereocenters. The minimum atomic E-state index is -4.14. The van der Waals surface area contributed by atoms with E-state index < -0.39 is 32.6 Å². The Morgan fingerprint density at radius 3 is 2.41 bits per heavy atom. The van der Waals surface area contributed by atoms with Crippen molar-refractivity contribution in [2.24, 2.45) is 5.92 Å². The van der Waals surface area contributed by atoms with Crippen LogP contribution in [0.2, 0.25) is 0 Å². The van der Waals surface area contributed by atoms with Gasteiger partial charge < -0.3 is 4.52 Å². The molecule has 3 rings (SSSR count). The third-order valence-corrected chi connectivity index (χ3v) is 5.24. The van der Waals surface area contributed by atoms with Gasteiger partial charge in [0.15, 0.2) is 11.6 Å². The van der Waals surface area contributed by atoms with E-state index in [0.717, 1.165) is 12.1 Å². The molecule has 0 fully saturated rings. The smallest absolute Gasteiger partial charge is 0.245 e. The van der Waals surface area contributed by atoms with E-state index in [1.54, 1.807) is 38.4 Å². The largest absolute Gasteiger partial charge is 0.337 e. The molecule has 2 heterocycles. The predicted octanol–water partition coefficient (Wildman–Crippen LogP) is 3.09. The van der Waals surface area contributed by atoms with Gasteiger partial charge >= 0.3 is 0 Å². The molecule has 27 heavy (non-hydrogen) atoms. The maximum absolute atomic E-state index is 13.4. The van der Waals surface area contributed by atoms with E-state index in [1.807, 2.05) is 0 Å². The van der Waals surface area contributed by atoms with Gasteiger partial charge in [0, 0.05) is 18.0 Å². The van der Waals surface area contributed by atoms with Crippen LogP contribution in [0.3, 0.4) is 0 Å². The topological polar surface area (TPSA) is 98.0 Å². The Kier molecular flexibility index (Phi) is 5.29. The summed E-state index contributed by atoms with van der Waals surface area (Å²) >= 11 is 0. The summed E-state index contributed by atoms with van der Waals surface area (Å²) in [7, 11) is -4.14. The molecular formula is C17H16F2N4O3S.